The zero-order valence-corrected chi connectivity index (χ0v) is 10.3. The molecule has 4 atom stereocenters. The van der Waals surface area contributed by atoms with Gasteiger partial charge in [-0.2, -0.15) is 0 Å². The van der Waals surface area contributed by atoms with Crippen LogP contribution in [0.1, 0.15) is 5.56 Å². The van der Waals surface area contributed by atoms with Gasteiger partial charge in [0.25, 0.3) is 0 Å². The van der Waals surface area contributed by atoms with E-state index in [1.165, 1.54) is 0 Å². The van der Waals surface area contributed by atoms with E-state index in [4.69, 9.17) is 10.2 Å². The number of Topliss-reactive ketones (excluding diaryl/α,β-unsaturated/α-hetero) is 1. The predicted octanol–water partition coefficient (Wildman–Crippen LogP) is -1.77. The number of ketones is 1. The predicted molar refractivity (Wildman–Crippen MR) is 66.3 cm³/mol. The lowest BCUT2D eigenvalue weighted by Gasteiger charge is -2.24. The van der Waals surface area contributed by atoms with Crippen molar-refractivity contribution >= 4 is 5.78 Å². The highest BCUT2D eigenvalue weighted by molar-refractivity contribution is 5.85. The molecule has 5 N–H and O–H groups in total. The molecule has 106 valence electrons. The van der Waals surface area contributed by atoms with Crippen LogP contribution in [0.2, 0.25) is 0 Å². The minimum absolute atomic E-state index is 0.0962. The van der Waals surface area contributed by atoms with Crippen LogP contribution in [-0.2, 0) is 11.2 Å². The van der Waals surface area contributed by atoms with Crippen LogP contribution < -0.4 is 0 Å². The molecular formula is C13H18O6. The maximum absolute atomic E-state index is 11.7. The second-order valence-electron chi connectivity index (χ2n) is 4.30. The maximum atomic E-state index is 11.7. The van der Waals surface area contributed by atoms with Crippen LogP contribution in [0.4, 0.5) is 0 Å². The molecule has 0 aliphatic carbocycles. The first-order valence-electron chi connectivity index (χ1n) is 5.87. The quantitative estimate of drug-likeness (QED) is 0.400. The van der Waals surface area contributed by atoms with Crippen molar-refractivity contribution in [3.05, 3.63) is 35.9 Å². The lowest BCUT2D eigenvalue weighted by Crippen LogP contribution is -2.49. The molecule has 1 aromatic rings. The number of benzene rings is 1. The van der Waals surface area contributed by atoms with Crippen LogP contribution in [0, 0.1) is 0 Å². The van der Waals surface area contributed by atoms with Gasteiger partial charge in [0.2, 0.25) is 0 Å². The van der Waals surface area contributed by atoms with Crippen LogP contribution in [0.3, 0.4) is 0 Å². The third-order valence-electron chi connectivity index (χ3n) is 2.81. The van der Waals surface area contributed by atoms with E-state index in [1.54, 1.807) is 30.3 Å². The summed E-state index contributed by atoms with van der Waals surface area (Å²) in [6, 6.07) is 8.62. The molecule has 0 radical (unpaired) electrons. The lowest BCUT2D eigenvalue weighted by molar-refractivity contribution is -0.146. The van der Waals surface area contributed by atoms with Gasteiger partial charge in [-0.15, -0.1) is 0 Å². The number of hydrogen-bond acceptors (Lipinski definition) is 6. The molecule has 0 aliphatic rings. The van der Waals surface area contributed by atoms with Crippen LogP contribution in [0.25, 0.3) is 0 Å². The Kier molecular flexibility index (Phi) is 6.07. The first kappa shape index (κ1) is 15.7. The van der Waals surface area contributed by atoms with E-state index in [0.29, 0.717) is 5.56 Å². The molecule has 0 fully saturated rings. The molecule has 0 amide bonds. The van der Waals surface area contributed by atoms with E-state index in [9.17, 15) is 20.1 Å². The Labute approximate surface area is 110 Å². The van der Waals surface area contributed by atoms with E-state index in [1.807, 2.05) is 0 Å². The molecule has 0 saturated heterocycles. The van der Waals surface area contributed by atoms with Crippen molar-refractivity contribution in [3.8, 4) is 0 Å². The van der Waals surface area contributed by atoms with E-state index < -0.39 is 36.8 Å². The molecule has 6 heteroatoms. The fourth-order valence-electron chi connectivity index (χ4n) is 1.61. The Bertz CT molecular complexity index is 393. The van der Waals surface area contributed by atoms with Crippen LogP contribution in [-0.4, -0.2) is 62.3 Å². The summed E-state index contributed by atoms with van der Waals surface area (Å²) in [5.74, 6) is -0.678. The molecular weight excluding hydrogens is 252 g/mol. The second kappa shape index (κ2) is 7.32. The van der Waals surface area contributed by atoms with Gasteiger partial charge in [0.15, 0.2) is 5.78 Å². The highest BCUT2D eigenvalue weighted by atomic mass is 16.4. The molecule has 1 rings (SSSR count). The Morgan fingerprint density at radius 2 is 1.58 bits per heavy atom. The van der Waals surface area contributed by atoms with Gasteiger partial charge in [0, 0.05) is 6.42 Å². The first-order chi connectivity index (χ1) is 8.97. The summed E-state index contributed by atoms with van der Waals surface area (Å²) in [4.78, 5) is 11.7. The molecule has 0 heterocycles. The average Bonchev–Trinajstić information content (AvgIpc) is 2.44. The maximum Gasteiger partial charge on any atom is 0.168 e. The summed E-state index contributed by atoms with van der Waals surface area (Å²) in [6.07, 6.45) is -7.18. The zero-order chi connectivity index (χ0) is 14.4. The largest absolute Gasteiger partial charge is 0.394 e. The van der Waals surface area contributed by atoms with Crippen LogP contribution in [0.15, 0.2) is 30.3 Å². The van der Waals surface area contributed by atoms with Gasteiger partial charge >= 0.3 is 0 Å². The average molecular weight is 270 g/mol. The molecule has 19 heavy (non-hydrogen) atoms. The smallest absolute Gasteiger partial charge is 0.168 e. The first-order valence-corrected chi connectivity index (χ1v) is 5.87. The molecule has 0 spiro atoms. The summed E-state index contributed by atoms with van der Waals surface area (Å²) in [6.45, 7) is -0.780. The topological polar surface area (TPSA) is 118 Å². The van der Waals surface area contributed by atoms with Gasteiger partial charge in [0.1, 0.15) is 24.4 Å². The minimum atomic E-state index is -1.85. The van der Waals surface area contributed by atoms with Gasteiger partial charge < -0.3 is 25.5 Å². The monoisotopic (exact) mass is 270 g/mol. The van der Waals surface area contributed by atoms with Crippen molar-refractivity contribution in [3.63, 3.8) is 0 Å². The molecule has 0 saturated carbocycles. The Balaban J connectivity index is 2.61. The van der Waals surface area contributed by atoms with Gasteiger partial charge in [-0.05, 0) is 5.56 Å². The summed E-state index contributed by atoms with van der Waals surface area (Å²) >= 11 is 0. The summed E-state index contributed by atoms with van der Waals surface area (Å²) in [5.41, 5.74) is 0.663. The number of aliphatic hydroxyl groups is 5. The van der Waals surface area contributed by atoms with Crippen LogP contribution >= 0.6 is 0 Å². The minimum Gasteiger partial charge on any atom is -0.394 e. The molecule has 6 nitrogen and oxygen atoms in total. The van der Waals surface area contributed by atoms with Gasteiger partial charge in [0.05, 0.1) is 6.61 Å². The number of rotatable bonds is 7. The molecule has 0 aliphatic heterocycles. The van der Waals surface area contributed by atoms with Crippen molar-refractivity contribution in [2.75, 3.05) is 6.61 Å². The number of aliphatic hydroxyl groups excluding tert-OH is 5. The normalized spacial score (nSPS) is 17.5. The molecule has 1 aromatic carbocycles. The summed E-state index contributed by atoms with van der Waals surface area (Å²) in [5, 5.41) is 46.3. The van der Waals surface area contributed by atoms with Gasteiger partial charge in [-0.3, -0.25) is 4.79 Å². The van der Waals surface area contributed by atoms with Crippen molar-refractivity contribution in [2.45, 2.75) is 30.8 Å². The number of carbonyl (C=O) groups is 1. The van der Waals surface area contributed by atoms with E-state index in [2.05, 4.69) is 0 Å². The highest BCUT2D eigenvalue weighted by Crippen LogP contribution is 2.09. The van der Waals surface area contributed by atoms with E-state index >= 15 is 0 Å². The fourth-order valence-corrected chi connectivity index (χ4v) is 1.61. The SMILES string of the molecule is O=C(Cc1ccccc1)C(O)C(O)C(O)C(O)CO. The standard InChI is InChI=1S/C13H18O6/c14-7-10(16)12(18)13(19)11(17)9(15)6-8-4-2-1-3-5-8/h1-5,10-14,16-19H,6-7H2. The fraction of sp³-hybridized carbons (Fsp3) is 0.462. The molecule has 0 bridgehead atoms. The van der Waals surface area contributed by atoms with E-state index in [-0.39, 0.29) is 6.42 Å². The number of carbonyl (C=O) groups excluding carboxylic acids is 1. The Morgan fingerprint density at radius 1 is 1.00 bits per heavy atom. The van der Waals surface area contributed by atoms with Gasteiger partial charge in [-0.1, -0.05) is 30.3 Å². The second-order valence-corrected chi connectivity index (χ2v) is 4.30. The molecule has 0 aromatic heterocycles. The van der Waals surface area contributed by atoms with Crippen molar-refractivity contribution in [2.24, 2.45) is 0 Å². The van der Waals surface area contributed by atoms with Crippen molar-refractivity contribution in [1.29, 1.82) is 0 Å². The summed E-state index contributed by atoms with van der Waals surface area (Å²) < 4.78 is 0. The van der Waals surface area contributed by atoms with Crippen molar-refractivity contribution in [1.82, 2.24) is 0 Å². The number of hydrogen-bond donors (Lipinski definition) is 5. The lowest BCUT2D eigenvalue weighted by atomic mass is 9.97. The molecule has 4 unspecified atom stereocenters. The highest BCUT2D eigenvalue weighted by Gasteiger charge is 2.33. The summed E-state index contributed by atoms with van der Waals surface area (Å²) in [7, 11) is 0. The van der Waals surface area contributed by atoms with E-state index in [0.717, 1.165) is 0 Å². The zero-order valence-electron chi connectivity index (χ0n) is 10.3. The third-order valence-corrected chi connectivity index (χ3v) is 2.81. The Morgan fingerprint density at radius 3 is 2.11 bits per heavy atom. The Hall–Kier alpha value is -1.31. The third kappa shape index (κ3) is 4.38. The van der Waals surface area contributed by atoms with Crippen molar-refractivity contribution < 1.29 is 30.3 Å². The van der Waals surface area contributed by atoms with Crippen LogP contribution in [0.5, 0.6) is 0 Å². The van der Waals surface area contributed by atoms with Gasteiger partial charge in [-0.25, -0.2) is 0 Å².